The van der Waals surface area contributed by atoms with Crippen LogP contribution in [0.4, 0.5) is 0 Å². The van der Waals surface area contributed by atoms with Crippen molar-refractivity contribution in [3.05, 3.63) is 42.0 Å². The summed E-state index contributed by atoms with van der Waals surface area (Å²) < 4.78 is 11.0. The lowest BCUT2D eigenvalue weighted by Crippen LogP contribution is -2.39. The molecule has 3 heteroatoms. The standard InChI is InChI=1S/C18H22O3/c1-11(2)12-4-6-13(7-5-12)15-10-14-8-9-16(21-14)17(15)18(19)20-3/h4-7,14-17H,1,8-10H2,2-3H3/t14?,15-,16?,17-/m0/s1. The van der Waals surface area contributed by atoms with Crippen molar-refractivity contribution in [1.29, 1.82) is 0 Å². The molecule has 2 bridgehead atoms. The fourth-order valence-corrected chi connectivity index (χ4v) is 3.67. The molecule has 2 saturated heterocycles. The molecule has 3 nitrogen and oxygen atoms in total. The minimum atomic E-state index is -0.176. The van der Waals surface area contributed by atoms with Crippen molar-refractivity contribution in [3.63, 3.8) is 0 Å². The van der Waals surface area contributed by atoms with Crippen LogP contribution < -0.4 is 0 Å². The Morgan fingerprint density at radius 1 is 1.29 bits per heavy atom. The second-order valence-corrected chi connectivity index (χ2v) is 6.17. The van der Waals surface area contributed by atoms with Crippen molar-refractivity contribution in [1.82, 2.24) is 0 Å². The highest BCUT2D eigenvalue weighted by Gasteiger charge is 2.47. The Hall–Kier alpha value is -1.61. The van der Waals surface area contributed by atoms with E-state index in [1.54, 1.807) is 0 Å². The number of ether oxygens (including phenoxy) is 2. The first-order chi connectivity index (χ1) is 10.1. The van der Waals surface area contributed by atoms with Gasteiger partial charge < -0.3 is 9.47 Å². The van der Waals surface area contributed by atoms with E-state index in [9.17, 15) is 4.79 Å². The molecule has 2 unspecified atom stereocenters. The second-order valence-electron chi connectivity index (χ2n) is 6.17. The minimum Gasteiger partial charge on any atom is -0.469 e. The molecular formula is C18H22O3. The first-order valence-corrected chi connectivity index (χ1v) is 7.59. The monoisotopic (exact) mass is 286 g/mol. The highest BCUT2D eigenvalue weighted by molar-refractivity contribution is 5.75. The SMILES string of the molecule is C=C(C)c1ccc([C@@H]2CC3CCC(O3)[C@H]2C(=O)OC)cc1. The average Bonchev–Trinajstić information content (AvgIpc) is 2.88. The maximum absolute atomic E-state index is 12.2. The number of fused-ring (bicyclic) bond motifs is 2. The number of carbonyl (C=O) groups excluding carboxylic acids is 1. The van der Waals surface area contributed by atoms with Gasteiger partial charge in [0.25, 0.3) is 0 Å². The summed E-state index contributed by atoms with van der Waals surface area (Å²) in [5, 5.41) is 0. The van der Waals surface area contributed by atoms with Crippen molar-refractivity contribution in [2.75, 3.05) is 7.11 Å². The summed E-state index contributed by atoms with van der Waals surface area (Å²) in [6.45, 7) is 5.96. The Kier molecular flexibility index (Phi) is 3.85. The molecule has 2 aliphatic heterocycles. The summed E-state index contributed by atoms with van der Waals surface area (Å²) in [7, 11) is 1.46. The molecule has 0 radical (unpaired) electrons. The van der Waals surface area contributed by atoms with Gasteiger partial charge in [0.1, 0.15) is 0 Å². The summed E-state index contributed by atoms with van der Waals surface area (Å²) in [6, 6.07) is 8.41. The summed E-state index contributed by atoms with van der Waals surface area (Å²) in [5.41, 5.74) is 3.40. The lowest BCUT2D eigenvalue weighted by molar-refractivity contribution is -0.156. The van der Waals surface area contributed by atoms with Crippen molar-refractivity contribution in [2.24, 2.45) is 5.92 Å². The van der Waals surface area contributed by atoms with Crippen LogP contribution in [0.5, 0.6) is 0 Å². The fourth-order valence-electron chi connectivity index (χ4n) is 3.67. The largest absolute Gasteiger partial charge is 0.469 e. The van der Waals surface area contributed by atoms with Gasteiger partial charge in [-0.15, -0.1) is 0 Å². The molecule has 0 amide bonds. The van der Waals surface area contributed by atoms with E-state index in [4.69, 9.17) is 9.47 Å². The van der Waals surface area contributed by atoms with Crippen LogP contribution in [0.1, 0.15) is 43.2 Å². The molecule has 2 aliphatic rings. The maximum atomic E-state index is 12.2. The van der Waals surface area contributed by atoms with Gasteiger partial charge in [-0.1, -0.05) is 36.4 Å². The molecule has 112 valence electrons. The first kappa shape index (κ1) is 14.3. The Balaban J connectivity index is 1.90. The van der Waals surface area contributed by atoms with E-state index in [1.165, 1.54) is 12.7 Å². The predicted octanol–water partition coefficient (Wildman–Crippen LogP) is 3.54. The van der Waals surface area contributed by atoms with Crippen LogP contribution in [0.15, 0.2) is 30.8 Å². The fraction of sp³-hybridized carbons (Fsp3) is 0.500. The molecule has 1 aromatic rings. The molecule has 0 aliphatic carbocycles. The Morgan fingerprint density at radius 3 is 2.62 bits per heavy atom. The van der Waals surface area contributed by atoms with Gasteiger partial charge in [-0.05, 0) is 37.3 Å². The second kappa shape index (κ2) is 5.64. The third-order valence-electron chi connectivity index (χ3n) is 4.80. The molecule has 2 heterocycles. The zero-order valence-electron chi connectivity index (χ0n) is 12.7. The molecule has 4 atom stereocenters. The van der Waals surface area contributed by atoms with Gasteiger partial charge in [-0.3, -0.25) is 4.79 Å². The number of rotatable bonds is 3. The molecule has 21 heavy (non-hydrogen) atoms. The van der Waals surface area contributed by atoms with Gasteiger partial charge in [-0.2, -0.15) is 0 Å². The molecular weight excluding hydrogens is 264 g/mol. The first-order valence-electron chi connectivity index (χ1n) is 7.59. The quantitative estimate of drug-likeness (QED) is 0.797. The van der Waals surface area contributed by atoms with Crippen LogP contribution in [0, 0.1) is 5.92 Å². The summed E-state index contributed by atoms with van der Waals surface area (Å²) in [5.74, 6) is -0.123. The number of hydrogen-bond acceptors (Lipinski definition) is 3. The van der Waals surface area contributed by atoms with Crippen LogP contribution in [0.3, 0.4) is 0 Å². The number of allylic oxidation sites excluding steroid dienone is 1. The highest BCUT2D eigenvalue weighted by Crippen LogP contribution is 2.45. The van der Waals surface area contributed by atoms with Crippen molar-refractivity contribution in [3.8, 4) is 0 Å². The molecule has 0 N–H and O–H groups in total. The van der Waals surface area contributed by atoms with E-state index in [2.05, 4.69) is 30.8 Å². The number of benzene rings is 1. The van der Waals surface area contributed by atoms with E-state index in [-0.39, 0.29) is 23.9 Å². The van der Waals surface area contributed by atoms with Crippen LogP contribution in [0.25, 0.3) is 5.57 Å². The molecule has 3 rings (SSSR count). The maximum Gasteiger partial charge on any atom is 0.311 e. The van der Waals surface area contributed by atoms with E-state index in [1.807, 2.05) is 6.92 Å². The van der Waals surface area contributed by atoms with Crippen molar-refractivity contribution >= 4 is 11.5 Å². The molecule has 0 spiro atoms. The average molecular weight is 286 g/mol. The minimum absolute atomic E-state index is 0.0158. The Labute approximate surface area is 125 Å². The molecule has 1 aromatic carbocycles. The molecule has 0 saturated carbocycles. The zero-order valence-corrected chi connectivity index (χ0v) is 12.7. The van der Waals surface area contributed by atoms with E-state index in [0.29, 0.717) is 6.10 Å². The van der Waals surface area contributed by atoms with Gasteiger partial charge in [0.05, 0.1) is 25.2 Å². The summed E-state index contributed by atoms with van der Waals surface area (Å²) in [4.78, 5) is 12.2. The number of carbonyl (C=O) groups is 1. The number of esters is 1. The zero-order chi connectivity index (χ0) is 15.0. The summed E-state index contributed by atoms with van der Waals surface area (Å²) in [6.07, 6.45) is 3.23. The lowest BCUT2D eigenvalue weighted by atomic mass is 9.79. The smallest absolute Gasteiger partial charge is 0.311 e. The normalized spacial score (nSPS) is 31.0. The van der Waals surface area contributed by atoms with Gasteiger partial charge >= 0.3 is 5.97 Å². The third-order valence-corrected chi connectivity index (χ3v) is 4.80. The molecule has 2 fully saturated rings. The van der Waals surface area contributed by atoms with E-state index >= 15 is 0 Å². The van der Waals surface area contributed by atoms with Crippen LogP contribution >= 0.6 is 0 Å². The topological polar surface area (TPSA) is 35.5 Å². The number of methoxy groups -OCH3 is 1. The lowest BCUT2D eigenvalue weighted by Gasteiger charge is -2.35. The number of hydrogen-bond donors (Lipinski definition) is 0. The van der Waals surface area contributed by atoms with Crippen molar-refractivity contribution < 1.29 is 14.3 Å². The van der Waals surface area contributed by atoms with Gasteiger partial charge in [-0.25, -0.2) is 0 Å². The summed E-state index contributed by atoms with van der Waals surface area (Å²) >= 11 is 0. The molecule has 0 aromatic heterocycles. The van der Waals surface area contributed by atoms with Gasteiger partial charge in [0.2, 0.25) is 0 Å². The van der Waals surface area contributed by atoms with E-state index < -0.39 is 0 Å². The highest BCUT2D eigenvalue weighted by atomic mass is 16.5. The van der Waals surface area contributed by atoms with Crippen LogP contribution in [-0.2, 0) is 14.3 Å². The van der Waals surface area contributed by atoms with Crippen LogP contribution in [0.2, 0.25) is 0 Å². The third kappa shape index (κ3) is 2.62. The Morgan fingerprint density at radius 2 is 2.00 bits per heavy atom. The van der Waals surface area contributed by atoms with E-state index in [0.717, 1.165) is 30.4 Å². The predicted molar refractivity (Wildman–Crippen MR) is 81.9 cm³/mol. The van der Waals surface area contributed by atoms with Gasteiger partial charge in [0, 0.05) is 5.92 Å². The van der Waals surface area contributed by atoms with Crippen molar-refractivity contribution in [2.45, 2.75) is 44.3 Å². The Bertz CT molecular complexity index is 546. The van der Waals surface area contributed by atoms with Gasteiger partial charge in [0.15, 0.2) is 0 Å². The van der Waals surface area contributed by atoms with Crippen LogP contribution in [-0.4, -0.2) is 25.3 Å².